The number of ether oxygens (including phenoxy) is 10. The standard InChI is InChI=1S/C58H92O28/c1-22-42(82-46-38(70)32(64)26(62)20-77-46)37(69)40(72)47(79-22)84-44-33(65)27(63)21-78-50(44)86-52(76)58-14-12-53(2,3)16-24(58)23-8-9-30-54(4)17-25(61)45(57(7,51(74)75)31(54)10-11-56(30,6)55(23,5)13-15-58)85-49-41(73)43(35(67)29(19-60)81-49)83-48-39(71)36(68)34(66)28(18-59)80-48/h8,22,24-50,59-73H,9-21H2,1-7H3,(H,74,75)/t22-,24-,25-,26+,27-,28+,29+,30+,31+,32-,33-,34+,35+,36-,37-,38+,39+,40+,41+,42-,43-,44+,45-,46-,47-,48-,49-,50-,54+,55+,56+,57-,58-/m0/s1. The predicted molar refractivity (Wildman–Crippen MR) is 285 cm³/mol. The Bertz CT molecular complexity index is 2450. The molecule has 5 aliphatic heterocycles. The zero-order valence-corrected chi connectivity index (χ0v) is 49.5. The first-order valence-electron chi connectivity index (χ1n) is 30.3. The highest BCUT2D eigenvalue weighted by molar-refractivity contribution is 5.79. The molecule has 0 unspecified atom stereocenters. The molecule has 0 aromatic carbocycles. The molecule has 4 saturated carbocycles. The van der Waals surface area contributed by atoms with E-state index in [-0.39, 0.29) is 23.7 Å². The van der Waals surface area contributed by atoms with Crippen LogP contribution in [0.4, 0.5) is 0 Å². The highest BCUT2D eigenvalue weighted by atomic mass is 16.8. The summed E-state index contributed by atoms with van der Waals surface area (Å²) in [4.78, 5) is 29.4. The van der Waals surface area contributed by atoms with Gasteiger partial charge in [-0.15, -0.1) is 0 Å². The Morgan fingerprint density at radius 3 is 1.76 bits per heavy atom. The highest BCUT2D eigenvalue weighted by Gasteiger charge is 2.73. The normalized spacial score (nSPS) is 54.7. The average molecular weight is 1240 g/mol. The highest BCUT2D eigenvalue weighted by Crippen LogP contribution is 2.76. The monoisotopic (exact) mass is 1240 g/mol. The molecule has 0 aromatic rings. The van der Waals surface area contributed by atoms with Gasteiger partial charge < -0.3 is 129 Å². The number of rotatable bonds is 13. The molecule has 492 valence electrons. The molecule has 10 rings (SSSR count). The van der Waals surface area contributed by atoms with Crippen LogP contribution in [-0.4, -0.2) is 274 Å². The van der Waals surface area contributed by atoms with E-state index < -0.39 is 225 Å². The van der Waals surface area contributed by atoms with Gasteiger partial charge in [0, 0.05) is 0 Å². The molecule has 0 amide bonds. The Kier molecular flexibility index (Phi) is 18.8. The second-order valence-electron chi connectivity index (χ2n) is 28.1. The molecule has 5 aliphatic carbocycles. The van der Waals surface area contributed by atoms with E-state index in [9.17, 15) is 86.5 Å². The summed E-state index contributed by atoms with van der Waals surface area (Å²) >= 11 is 0. The molecule has 0 aromatic heterocycles. The van der Waals surface area contributed by atoms with Crippen molar-refractivity contribution in [1.29, 1.82) is 0 Å². The van der Waals surface area contributed by atoms with Crippen molar-refractivity contribution in [2.75, 3.05) is 26.4 Å². The van der Waals surface area contributed by atoms with E-state index in [1.165, 1.54) is 13.8 Å². The molecule has 10 aliphatic rings. The van der Waals surface area contributed by atoms with E-state index in [1.54, 1.807) is 0 Å². The molecule has 86 heavy (non-hydrogen) atoms. The number of fused-ring (bicyclic) bond motifs is 7. The number of allylic oxidation sites excluding steroid dienone is 2. The third-order valence-electron chi connectivity index (χ3n) is 22.8. The van der Waals surface area contributed by atoms with Gasteiger partial charge in [0.1, 0.15) is 104 Å². The van der Waals surface area contributed by atoms with Crippen LogP contribution in [0.15, 0.2) is 11.6 Å². The van der Waals surface area contributed by atoms with Crippen LogP contribution in [0.2, 0.25) is 0 Å². The first-order chi connectivity index (χ1) is 40.2. The lowest BCUT2D eigenvalue weighted by molar-refractivity contribution is -0.373. The van der Waals surface area contributed by atoms with E-state index >= 15 is 4.79 Å². The number of hydrogen-bond acceptors (Lipinski definition) is 27. The fourth-order valence-corrected chi connectivity index (χ4v) is 17.5. The number of carbonyl (C=O) groups is 2. The first-order valence-corrected chi connectivity index (χ1v) is 30.3. The summed E-state index contributed by atoms with van der Waals surface area (Å²) in [5.41, 5.74) is -4.22. The molecule has 28 heteroatoms. The van der Waals surface area contributed by atoms with Crippen LogP contribution in [0, 0.1) is 50.2 Å². The Morgan fingerprint density at radius 1 is 0.547 bits per heavy atom. The van der Waals surface area contributed by atoms with Crippen LogP contribution in [0.25, 0.3) is 0 Å². The van der Waals surface area contributed by atoms with E-state index in [1.807, 2.05) is 6.92 Å². The third-order valence-corrected chi connectivity index (χ3v) is 22.8. The van der Waals surface area contributed by atoms with Gasteiger partial charge in [-0.05, 0) is 111 Å². The molecule has 5 saturated heterocycles. The van der Waals surface area contributed by atoms with E-state index in [0.29, 0.717) is 51.4 Å². The number of aliphatic carboxylic acids is 1. The van der Waals surface area contributed by atoms with Crippen LogP contribution in [0.1, 0.15) is 106 Å². The number of carboxylic acid groups (broad SMARTS) is 1. The van der Waals surface area contributed by atoms with Gasteiger partial charge >= 0.3 is 11.9 Å². The number of carbonyl (C=O) groups excluding carboxylic acids is 1. The average Bonchev–Trinajstić information content (AvgIpc) is 0.676. The maximum atomic E-state index is 15.4. The topological polar surface area (TPSA) is 450 Å². The van der Waals surface area contributed by atoms with Gasteiger partial charge in [-0.2, -0.15) is 0 Å². The zero-order valence-electron chi connectivity index (χ0n) is 49.5. The van der Waals surface area contributed by atoms with Crippen LogP contribution in [0.3, 0.4) is 0 Å². The van der Waals surface area contributed by atoms with E-state index in [0.717, 1.165) is 5.57 Å². The molecule has 28 nitrogen and oxygen atoms in total. The van der Waals surface area contributed by atoms with E-state index in [2.05, 4.69) is 33.8 Å². The number of aliphatic hydroxyl groups excluding tert-OH is 15. The van der Waals surface area contributed by atoms with Gasteiger partial charge in [-0.25, -0.2) is 0 Å². The minimum atomic E-state index is -1.99. The van der Waals surface area contributed by atoms with Gasteiger partial charge in [0.05, 0.1) is 49.5 Å². The van der Waals surface area contributed by atoms with Crippen molar-refractivity contribution in [3.05, 3.63) is 11.6 Å². The minimum Gasteiger partial charge on any atom is -0.481 e. The van der Waals surface area contributed by atoms with Crippen molar-refractivity contribution in [1.82, 2.24) is 0 Å². The molecule has 0 spiro atoms. The van der Waals surface area contributed by atoms with Gasteiger partial charge in [0.15, 0.2) is 31.3 Å². The third kappa shape index (κ3) is 10.8. The molecule has 5 heterocycles. The Hall–Kier alpha value is -2.28. The summed E-state index contributed by atoms with van der Waals surface area (Å²) in [5, 5.41) is 174. The van der Waals surface area contributed by atoms with Crippen LogP contribution >= 0.6 is 0 Å². The van der Waals surface area contributed by atoms with Gasteiger partial charge in [-0.3, -0.25) is 9.59 Å². The SMILES string of the molecule is C[C@@H]1O[C@@H](O[C@H]2[C@H](OC(=O)[C@]34CCC(C)(C)C[C@H]3C3=CC[C@@H]5[C@@]6(C)C[C@H](O)[C@H](O[C@@H]7O[C@H](CO)[C@@H](O)[C@H](O[C@@H]8O[C@H](CO)[C@@H](O)[C@H](O)[C@H]8O)[C@H]7O)[C@@](C)(C(=O)O)[C@@H]6CC[C@@]5(C)[C@]3(C)CC4)OC[C@H](O)[C@@H]2O)[C@H](O)[C@H](O)[C@H]1O[C@@H]1OC[C@@H](O)[C@H](O)[C@H]1O. The Morgan fingerprint density at radius 2 is 1.10 bits per heavy atom. The minimum absolute atomic E-state index is 0.0355. The predicted octanol–water partition coefficient (Wildman–Crippen LogP) is -3.87. The lowest BCUT2D eigenvalue weighted by Gasteiger charge is -2.71. The van der Waals surface area contributed by atoms with Crippen molar-refractivity contribution in [2.45, 2.75) is 260 Å². The molecular weight excluding hydrogens is 1140 g/mol. The lowest BCUT2D eigenvalue weighted by atomic mass is 9.33. The van der Waals surface area contributed by atoms with Gasteiger partial charge in [0.2, 0.25) is 6.29 Å². The van der Waals surface area contributed by atoms with Crippen molar-refractivity contribution in [2.24, 2.45) is 50.2 Å². The molecule has 0 bridgehead atoms. The second-order valence-corrected chi connectivity index (χ2v) is 28.1. The summed E-state index contributed by atoms with van der Waals surface area (Å²) in [6, 6.07) is 0. The van der Waals surface area contributed by atoms with Gasteiger partial charge in [0.25, 0.3) is 0 Å². The fourth-order valence-electron chi connectivity index (χ4n) is 17.5. The summed E-state index contributed by atoms with van der Waals surface area (Å²) in [7, 11) is 0. The maximum Gasteiger partial charge on any atom is 0.315 e. The molecule has 0 radical (unpaired) electrons. The summed E-state index contributed by atoms with van der Waals surface area (Å²) in [6.45, 7) is 11.1. The Labute approximate surface area is 497 Å². The lowest BCUT2D eigenvalue weighted by Crippen LogP contribution is -2.70. The molecule has 33 atom stereocenters. The zero-order chi connectivity index (χ0) is 62.9. The van der Waals surface area contributed by atoms with Crippen LogP contribution in [0.5, 0.6) is 0 Å². The molecule has 16 N–H and O–H groups in total. The van der Waals surface area contributed by atoms with Crippen molar-refractivity contribution in [3.8, 4) is 0 Å². The summed E-state index contributed by atoms with van der Waals surface area (Å²) in [5.74, 6) is -3.23. The quantitative estimate of drug-likeness (QED) is 0.0477. The maximum absolute atomic E-state index is 15.4. The summed E-state index contributed by atoms with van der Waals surface area (Å²) in [6.07, 6.45) is -35.6. The smallest absolute Gasteiger partial charge is 0.315 e. The number of carboxylic acids is 1. The van der Waals surface area contributed by atoms with E-state index in [4.69, 9.17) is 47.4 Å². The van der Waals surface area contributed by atoms with Gasteiger partial charge in [-0.1, -0.05) is 46.3 Å². The number of hydrogen-bond donors (Lipinski definition) is 16. The van der Waals surface area contributed by atoms with Crippen molar-refractivity contribution < 1.29 is 139 Å². The fraction of sp³-hybridized carbons (Fsp3) is 0.931. The molecular formula is C58H92O28. The Balaban J connectivity index is 0.878. The largest absolute Gasteiger partial charge is 0.481 e. The van der Waals surface area contributed by atoms with Crippen molar-refractivity contribution >= 4 is 11.9 Å². The number of esters is 1. The first kappa shape index (κ1) is 66.6. The van der Waals surface area contributed by atoms with Crippen molar-refractivity contribution in [3.63, 3.8) is 0 Å². The number of aliphatic hydroxyl groups is 15. The van der Waals surface area contributed by atoms with Crippen LogP contribution < -0.4 is 0 Å². The molecule has 9 fully saturated rings. The van der Waals surface area contributed by atoms with Crippen LogP contribution in [-0.2, 0) is 57.0 Å². The second kappa shape index (κ2) is 24.3. The summed E-state index contributed by atoms with van der Waals surface area (Å²) < 4.78 is 58.8.